The number of hydrogen-bond donors (Lipinski definition) is 2. The van der Waals surface area contributed by atoms with Crippen molar-refractivity contribution in [2.45, 2.75) is 38.1 Å². The molecule has 1 unspecified atom stereocenters. The minimum Gasteiger partial charge on any atom is -0.308 e. The van der Waals surface area contributed by atoms with Crippen molar-refractivity contribution in [3.8, 4) is 11.3 Å². The van der Waals surface area contributed by atoms with Gasteiger partial charge in [-0.05, 0) is 55.1 Å². The number of carbonyl (C=O) groups is 1. The maximum atomic E-state index is 13.3. The fourth-order valence-electron chi connectivity index (χ4n) is 4.14. The molecule has 33 heavy (non-hydrogen) atoms. The second-order valence-corrected chi connectivity index (χ2v) is 10.6. The first-order valence-electron chi connectivity index (χ1n) is 11.0. The summed E-state index contributed by atoms with van der Waals surface area (Å²) in [4.78, 5) is 29.6. The molecule has 4 rings (SSSR count). The molecular weight excluding hydrogens is 440 g/mol. The van der Waals surface area contributed by atoms with E-state index in [1.165, 1.54) is 12.3 Å². The third-order valence-electron chi connectivity index (χ3n) is 5.69. The molecule has 8 nitrogen and oxygen atoms in total. The van der Waals surface area contributed by atoms with E-state index >= 15 is 0 Å². The SMILES string of the molecule is CC(C)CNCC(=O)N1c2ccc(S(=O)(=O)n3cc(-c4ccccc4)[nH]c3=O)cc2CC1C. The first-order valence-corrected chi connectivity index (χ1v) is 12.4. The van der Waals surface area contributed by atoms with Gasteiger partial charge < -0.3 is 15.2 Å². The predicted molar refractivity (Wildman–Crippen MR) is 128 cm³/mol. The number of H-pyrrole nitrogens is 1. The molecule has 0 saturated heterocycles. The smallest absolute Gasteiger partial charge is 0.308 e. The quantitative estimate of drug-likeness (QED) is 0.555. The van der Waals surface area contributed by atoms with Crippen LogP contribution in [0.15, 0.2) is 64.4 Å². The molecule has 9 heteroatoms. The lowest BCUT2D eigenvalue weighted by Gasteiger charge is -2.23. The van der Waals surface area contributed by atoms with E-state index in [1.54, 1.807) is 29.2 Å². The molecule has 0 fully saturated rings. The summed E-state index contributed by atoms with van der Waals surface area (Å²) in [7, 11) is -4.10. The van der Waals surface area contributed by atoms with Gasteiger partial charge >= 0.3 is 5.69 Å². The predicted octanol–water partition coefficient (Wildman–Crippen LogP) is 2.60. The number of carbonyl (C=O) groups excluding carboxylic acids is 1. The highest BCUT2D eigenvalue weighted by Crippen LogP contribution is 2.34. The summed E-state index contributed by atoms with van der Waals surface area (Å²) in [5.74, 6) is 0.389. The summed E-state index contributed by atoms with van der Waals surface area (Å²) in [6.07, 6.45) is 1.85. The van der Waals surface area contributed by atoms with E-state index in [9.17, 15) is 18.0 Å². The van der Waals surface area contributed by atoms with Crippen molar-refractivity contribution < 1.29 is 13.2 Å². The number of fused-ring (bicyclic) bond motifs is 1. The Morgan fingerprint density at radius 3 is 2.61 bits per heavy atom. The van der Waals surface area contributed by atoms with Gasteiger partial charge in [0.25, 0.3) is 10.0 Å². The maximum absolute atomic E-state index is 13.3. The van der Waals surface area contributed by atoms with Crippen molar-refractivity contribution in [3.63, 3.8) is 0 Å². The average molecular weight is 469 g/mol. The highest BCUT2D eigenvalue weighted by Gasteiger charge is 2.32. The summed E-state index contributed by atoms with van der Waals surface area (Å²) < 4.78 is 27.2. The van der Waals surface area contributed by atoms with Crippen molar-refractivity contribution in [3.05, 3.63) is 70.8 Å². The fourth-order valence-corrected chi connectivity index (χ4v) is 5.40. The highest BCUT2D eigenvalue weighted by atomic mass is 32.2. The second kappa shape index (κ2) is 8.99. The van der Waals surface area contributed by atoms with E-state index in [0.29, 0.717) is 29.3 Å². The normalized spacial score (nSPS) is 15.8. The van der Waals surface area contributed by atoms with Crippen molar-refractivity contribution in [2.24, 2.45) is 5.92 Å². The van der Waals surface area contributed by atoms with Gasteiger partial charge in [0.05, 0.1) is 23.3 Å². The zero-order valence-electron chi connectivity index (χ0n) is 18.9. The summed E-state index contributed by atoms with van der Waals surface area (Å²) >= 11 is 0. The number of aromatic nitrogens is 2. The molecular formula is C24H28N4O4S. The van der Waals surface area contributed by atoms with E-state index < -0.39 is 15.7 Å². The number of imidazole rings is 1. The van der Waals surface area contributed by atoms with Gasteiger partial charge in [-0.3, -0.25) is 4.79 Å². The highest BCUT2D eigenvalue weighted by molar-refractivity contribution is 7.90. The molecule has 0 radical (unpaired) electrons. The van der Waals surface area contributed by atoms with Gasteiger partial charge in [0.15, 0.2) is 0 Å². The standard InChI is InChI=1S/C24H28N4O4S/c1-16(2)13-25-14-23(29)28-17(3)11-19-12-20(9-10-22(19)28)33(31,32)27-15-21(26-24(27)30)18-7-5-4-6-8-18/h4-10,12,15-17,25H,11,13-14H2,1-3H3,(H,26,30). The Hall–Kier alpha value is -3.17. The second-order valence-electron chi connectivity index (χ2n) is 8.77. The van der Waals surface area contributed by atoms with Crippen LogP contribution in [-0.2, 0) is 21.2 Å². The Morgan fingerprint density at radius 1 is 1.18 bits per heavy atom. The Kier molecular flexibility index (Phi) is 6.27. The van der Waals surface area contributed by atoms with Crippen LogP contribution in [0.25, 0.3) is 11.3 Å². The maximum Gasteiger partial charge on any atom is 0.340 e. The van der Waals surface area contributed by atoms with Crippen molar-refractivity contribution in [1.29, 1.82) is 0 Å². The molecule has 0 aliphatic carbocycles. The first-order chi connectivity index (χ1) is 15.7. The van der Waals surface area contributed by atoms with E-state index in [-0.39, 0.29) is 23.4 Å². The van der Waals surface area contributed by atoms with Gasteiger partial charge in [0.1, 0.15) is 0 Å². The summed E-state index contributed by atoms with van der Waals surface area (Å²) in [6.45, 7) is 7.06. The van der Waals surface area contributed by atoms with Crippen molar-refractivity contribution in [2.75, 3.05) is 18.0 Å². The Balaban J connectivity index is 1.62. The van der Waals surface area contributed by atoms with Crippen LogP contribution in [0.3, 0.4) is 0 Å². The summed E-state index contributed by atoms with van der Waals surface area (Å²) in [6, 6.07) is 13.6. The van der Waals surface area contributed by atoms with Crippen LogP contribution in [0.5, 0.6) is 0 Å². The number of nitrogens with zero attached hydrogens (tertiary/aromatic N) is 2. The van der Waals surface area contributed by atoms with Crippen LogP contribution < -0.4 is 15.9 Å². The lowest BCUT2D eigenvalue weighted by Crippen LogP contribution is -2.42. The molecule has 0 bridgehead atoms. The zero-order chi connectivity index (χ0) is 23.8. The molecule has 2 N–H and O–H groups in total. The average Bonchev–Trinajstić information content (AvgIpc) is 3.33. The van der Waals surface area contributed by atoms with E-state index in [4.69, 9.17) is 0 Å². The molecule has 174 valence electrons. The molecule has 1 atom stereocenters. The fraction of sp³-hybridized carbons (Fsp3) is 0.333. The van der Waals surface area contributed by atoms with Crippen LogP contribution in [0.2, 0.25) is 0 Å². The van der Waals surface area contributed by atoms with Crippen molar-refractivity contribution in [1.82, 2.24) is 14.3 Å². The van der Waals surface area contributed by atoms with Gasteiger partial charge in [-0.1, -0.05) is 44.2 Å². The molecule has 2 aromatic carbocycles. The van der Waals surface area contributed by atoms with Gasteiger partial charge in [-0.2, -0.15) is 3.97 Å². The minimum atomic E-state index is -4.10. The molecule has 3 aromatic rings. The van der Waals surface area contributed by atoms with Gasteiger partial charge in [-0.25, -0.2) is 13.2 Å². The molecule has 1 aliphatic heterocycles. The molecule has 1 aromatic heterocycles. The van der Waals surface area contributed by atoms with Gasteiger partial charge in [-0.15, -0.1) is 0 Å². The van der Waals surface area contributed by atoms with Gasteiger partial charge in [0, 0.05) is 11.7 Å². The summed E-state index contributed by atoms with van der Waals surface area (Å²) in [5.41, 5.74) is 1.89. The van der Waals surface area contributed by atoms with Crippen LogP contribution in [0, 0.1) is 5.92 Å². The van der Waals surface area contributed by atoms with Gasteiger partial charge in [0.2, 0.25) is 5.91 Å². The number of hydrogen-bond acceptors (Lipinski definition) is 5. The molecule has 1 aliphatic rings. The largest absolute Gasteiger partial charge is 0.340 e. The first kappa shape index (κ1) is 23.0. The van der Waals surface area contributed by atoms with Crippen molar-refractivity contribution >= 4 is 21.6 Å². The third kappa shape index (κ3) is 4.51. The van der Waals surface area contributed by atoms with E-state index in [1.807, 2.05) is 25.1 Å². The number of nitrogens with one attached hydrogen (secondary N) is 2. The van der Waals surface area contributed by atoms with Crippen LogP contribution >= 0.6 is 0 Å². The Morgan fingerprint density at radius 2 is 1.91 bits per heavy atom. The molecule has 1 amide bonds. The minimum absolute atomic E-state index is 0.0152. The Bertz CT molecular complexity index is 1330. The summed E-state index contributed by atoms with van der Waals surface area (Å²) in [5, 5.41) is 3.16. The number of amides is 1. The van der Waals surface area contributed by atoms with E-state index in [2.05, 4.69) is 24.1 Å². The Labute approximate surface area is 193 Å². The molecule has 0 spiro atoms. The zero-order valence-corrected chi connectivity index (χ0v) is 19.7. The number of rotatable bonds is 7. The van der Waals surface area contributed by atoms with Crippen LogP contribution in [-0.4, -0.2) is 42.4 Å². The van der Waals surface area contributed by atoms with Crippen LogP contribution in [0.4, 0.5) is 5.69 Å². The molecule has 0 saturated carbocycles. The third-order valence-corrected chi connectivity index (χ3v) is 7.33. The number of aromatic amines is 1. The van der Waals surface area contributed by atoms with Crippen LogP contribution in [0.1, 0.15) is 26.3 Å². The lowest BCUT2D eigenvalue weighted by molar-refractivity contribution is -0.118. The lowest BCUT2D eigenvalue weighted by atomic mass is 10.1. The number of anilines is 1. The number of benzene rings is 2. The monoisotopic (exact) mass is 468 g/mol. The topological polar surface area (TPSA) is 104 Å². The molecule has 2 heterocycles. The van der Waals surface area contributed by atoms with E-state index in [0.717, 1.165) is 16.1 Å².